The fraction of sp³-hybridized carbons (Fsp3) is 0.750. The van der Waals surface area contributed by atoms with Crippen LogP contribution in [0, 0.1) is 0 Å². The number of thiophene rings is 1. The summed E-state index contributed by atoms with van der Waals surface area (Å²) in [4.78, 5) is 1.23. The van der Waals surface area contributed by atoms with E-state index in [1.165, 1.54) is 37.0 Å². The summed E-state index contributed by atoms with van der Waals surface area (Å²) in [6, 6.07) is 4.28. The monoisotopic (exact) mass is 361 g/mol. The molecule has 116 valence electrons. The molecule has 0 aliphatic carbocycles. The van der Waals surface area contributed by atoms with Gasteiger partial charge < -0.3 is 10.5 Å². The maximum absolute atomic E-state index is 6.21. The van der Waals surface area contributed by atoms with Gasteiger partial charge in [-0.15, -0.1) is 11.3 Å². The van der Waals surface area contributed by atoms with Crippen molar-refractivity contribution in [3.8, 4) is 0 Å². The zero-order chi connectivity index (χ0) is 14.8. The molecule has 2 unspecified atom stereocenters. The van der Waals surface area contributed by atoms with Crippen molar-refractivity contribution in [2.45, 2.75) is 70.9 Å². The van der Waals surface area contributed by atoms with Gasteiger partial charge in [0.05, 0.1) is 3.79 Å². The average Bonchev–Trinajstić information content (AvgIpc) is 2.87. The molecule has 0 saturated carbocycles. The second-order valence-electron chi connectivity index (χ2n) is 5.27. The van der Waals surface area contributed by atoms with Crippen LogP contribution in [0.15, 0.2) is 15.9 Å². The van der Waals surface area contributed by atoms with Gasteiger partial charge in [-0.2, -0.15) is 0 Å². The SMILES string of the molecule is CCCCCCCCOC(c1ccc(Br)s1)C(N)CC. The summed E-state index contributed by atoms with van der Waals surface area (Å²) in [6.07, 6.45) is 8.73. The molecular formula is C16H28BrNOS. The number of hydrogen-bond acceptors (Lipinski definition) is 3. The van der Waals surface area contributed by atoms with Crippen LogP contribution in [0.5, 0.6) is 0 Å². The number of nitrogens with two attached hydrogens (primary N) is 1. The summed E-state index contributed by atoms with van der Waals surface area (Å²) in [7, 11) is 0. The fourth-order valence-corrected chi connectivity index (χ4v) is 3.75. The highest BCUT2D eigenvalue weighted by Gasteiger charge is 2.20. The number of hydrogen-bond donors (Lipinski definition) is 1. The van der Waals surface area contributed by atoms with E-state index in [-0.39, 0.29) is 12.1 Å². The highest BCUT2D eigenvalue weighted by Crippen LogP contribution is 2.31. The Bertz CT molecular complexity index is 356. The van der Waals surface area contributed by atoms with E-state index in [0.717, 1.165) is 23.2 Å². The molecule has 0 aliphatic heterocycles. The van der Waals surface area contributed by atoms with E-state index >= 15 is 0 Å². The second kappa shape index (κ2) is 10.8. The minimum Gasteiger partial charge on any atom is -0.371 e. The van der Waals surface area contributed by atoms with Gasteiger partial charge in [0, 0.05) is 17.5 Å². The molecule has 20 heavy (non-hydrogen) atoms. The molecule has 1 aromatic rings. The van der Waals surface area contributed by atoms with E-state index in [2.05, 4.69) is 41.9 Å². The molecule has 2 atom stereocenters. The molecular weight excluding hydrogens is 334 g/mol. The molecule has 1 heterocycles. The minimum absolute atomic E-state index is 0.0481. The maximum Gasteiger partial charge on any atom is 0.107 e. The van der Waals surface area contributed by atoms with Gasteiger partial charge in [-0.1, -0.05) is 46.0 Å². The van der Waals surface area contributed by atoms with Gasteiger partial charge in [0.2, 0.25) is 0 Å². The smallest absolute Gasteiger partial charge is 0.107 e. The predicted octanol–water partition coefficient (Wildman–Crippen LogP) is 5.67. The van der Waals surface area contributed by atoms with Crippen LogP contribution in [-0.4, -0.2) is 12.6 Å². The van der Waals surface area contributed by atoms with Crippen LogP contribution >= 0.6 is 27.3 Å². The van der Waals surface area contributed by atoms with Crippen LogP contribution in [0.2, 0.25) is 0 Å². The van der Waals surface area contributed by atoms with Crippen molar-refractivity contribution in [2.24, 2.45) is 5.73 Å². The van der Waals surface area contributed by atoms with Crippen LogP contribution in [0.3, 0.4) is 0 Å². The third kappa shape index (κ3) is 6.70. The number of rotatable bonds is 11. The third-order valence-corrected chi connectivity index (χ3v) is 5.22. The molecule has 0 radical (unpaired) electrons. The first-order chi connectivity index (χ1) is 9.69. The minimum atomic E-state index is 0.0481. The molecule has 0 aromatic carbocycles. The lowest BCUT2D eigenvalue weighted by Gasteiger charge is -2.22. The Morgan fingerprint density at radius 2 is 1.85 bits per heavy atom. The Kier molecular flexibility index (Phi) is 9.78. The van der Waals surface area contributed by atoms with Gasteiger partial charge in [-0.3, -0.25) is 0 Å². The lowest BCUT2D eigenvalue weighted by Crippen LogP contribution is -2.29. The Hall–Kier alpha value is 0.1000. The Morgan fingerprint density at radius 3 is 2.45 bits per heavy atom. The van der Waals surface area contributed by atoms with Crippen LogP contribution in [-0.2, 0) is 4.74 Å². The summed E-state index contributed by atoms with van der Waals surface area (Å²) >= 11 is 5.24. The maximum atomic E-state index is 6.21. The van der Waals surface area contributed by atoms with Crippen LogP contribution in [0.25, 0.3) is 0 Å². The molecule has 1 aromatic heterocycles. The van der Waals surface area contributed by atoms with E-state index in [4.69, 9.17) is 10.5 Å². The molecule has 4 heteroatoms. The normalized spacial score (nSPS) is 14.4. The highest BCUT2D eigenvalue weighted by molar-refractivity contribution is 9.11. The first kappa shape index (κ1) is 18.1. The molecule has 2 nitrogen and oxygen atoms in total. The summed E-state index contributed by atoms with van der Waals surface area (Å²) < 4.78 is 7.21. The second-order valence-corrected chi connectivity index (χ2v) is 7.77. The van der Waals surface area contributed by atoms with Gasteiger partial charge in [0.15, 0.2) is 0 Å². The van der Waals surface area contributed by atoms with Crippen molar-refractivity contribution < 1.29 is 4.74 Å². The molecule has 0 saturated heterocycles. The van der Waals surface area contributed by atoms with E-state index in [0.29, 0.717) is 0 Å². The summed E-state index contributed by atoms with van der Waals surface area (Å²) in [6.45, 7) is 5.19. The van der Waals surface area contributed by atoms with Crippen LogP contribution < -0.4 is 5.73 Å². The van der Waals surface area contributed by atoms with Gasteiger partial charge >= 0.3 is 0 Å². The van der Waals surface area contributed by atoms with Gasteiger partial charge in [0.1, 0.15) is 6.10 Å². The molecule has 2 N–H and O–H groups in total. The summed E-state index contributed by atoms with van der Waals surface area (Å²) in [5, 5.41) is 0. The Labute approximate surface area is 136 Å². The third-order valence-electron chi connectivity index (χ3n) is 3.53. The van der Waals surface area contributed by atoms with Crippen molar-refractivity contribution in [3.05, 3.63) is 20.8 Å². The first-order valence-corrected chi connectivity index (χ1v) is 9.42. The zero-order valence-corrected chi connectivity index (χ0v) is 15.1. The molecule has 0 amide bonds. The van der Waals surface area contributed by atoms with Crippen LogP contribution in [0.1, 0.15) is 69.8 Å². The van der Waals surface area contributed by atoms with Crippen molar-refractivity contribution in [1.29, 1.82) is 0 Å². The van der Waals surface area contributed by atoms with Crippen molar-refractivity contribution in [1.82, 2.24) is 0 Å². The molecule has 0 aliphatic rings. The van der Waals surface area contributed by atoms with Crippen molar-refractivity contribution >= 4 is 27.3 Å². The van der Waals surface area contributed by atoms with E-state index in [1.54, 1.807) is 11.3 Å². The summed E-state index contributed by atoms with van der Waals surface area (Å²) in [5.41, 5.74) is 6.21. The largest absolute Gasteiger partial charge is 0.371 e. The van der Waals surface area contributed by atoms with Gasteiger partial charge in [-0.05, 0) is 40.9 Å². The quantitative estimate of drug-likeness (QED) is 0.515. The molecule has 0 spiro atoms. The standard InChI is InChI=1S/C16H28BrNOS/c1-3-5-6-7-8-9-12-19-16(13(18)4-2)14-10-11-15(17)20-14/h10-11,13,16H,3-9,12,18H2,1-2H3. The fourth-order valence-electron chi connectivity index (χ4n) is 2.20. The van der Waals surface area contributed by atoms with E-state index in [9.17, 15) is 0 Å². The number of halogens is 1. The topological polar surface area (TPSA) is 35.2 Å². The average molecular weight is 362 g/mol. The van der Waals surface area contributed by atoms with Crippen molar-refractivity contribution in [3.63, 3.8) is 0 Å². The molecule has 0 fully saturated rings. The van der Waals surface area contributed by atoms with E-state index in [1.807, 2.05) is 0 Å². The Morgan fingerprint density at radius 1 is 1.15 bits per heavy atom. The highest BCUT2D eigenvalue weighted by atomic mass is 79.9. The molecule has 0 bridgehead atoms. The van der Waals surface area contributed by atoms with Gasteiger partial charge in [-0.25, -0.2) is 0 Å². The van der Waals surface area contributed by atoms with Crippen molar-refractivity contribution in [2.75, 3.05) is 6.61 Å². The lowest BCUT2D eigenvalue weighted by atomic mass is 10.1. The number of ether oxygens (including phenoxy) is 1. The predicted molar refractivity (Wildman–Crippen MR) is 92.4 cm³/mol. The summed E-state index contributed by atoms with van der Waals surface area (Å²) in [5.74, 6) is 0. The van der Waals surface area contributed by atoms with Crippen LogP contribution in [0.4, 0.5) is 0 Å². The zero-order valence-electron chi connectivity index (χ0n) is 12.7. The van der Waals surface area contributed by atoms with Gasteiger partial charge in [0.25, 0.3) is 0 Å². The first-order valence-electron chi connectivity index (χ1n) is 7.81. The Balaban J connectivity index is 2.31. The van der Waals surface area contributed by atoms with E-state index < -0.39 is 0 Å². The lowest BCUT2D eigenvalue weighted by molar-refractivity contribution is 0.0334. The molecule has 1 rings (SSSR count). The number of unbranched alkanes of at least 4 members (excludes halogenated alkanes) is 5.